The molecule has 0 saturated heterocycles. The second-order valence-corrected chi connectivity index (χ2v) is 5.47. The quantitative estimate of drug-likeness (QED) is 0.620. The topological polar surface area (TPSA) is 39.2 Å². The van der Waals surface area contributed by atoms with Gasteiger partial charge in [-0.2, -0.15) is 0 Å². The Bertz CT molecular complexity index is 878. The van der Waals surface area contributed by atoms with Crippen molar-refractivity contribution in [3.8, 4) is 11.3 Å². The highest BCUT2D eigenvalue weighted by molar-refractivity contribution is 6.43. The summed E-state index contributed by atoms with van der Waals surface area (Å²) in [5.41, 5.74) is 1.86. The largest absolute Gasteiger partial charge is 0.465 e. The van der Waals surface area contributed by atoms with E-state index in [0.717, 1.165) is 16.3 Å². The molecule has 5 heteroatoms. The lowest BCUT2D eigenvalue weighted by atomic mass is 10.0. The standard InChI is InChI=1S/C17H11Cl2NO2/c1-22-17(21)11-6-5-10-7-8-20-16(13(10)9-11)12-3-2-4-14(18)15(12)19/h2-9H,1H3. The normalized spacial score (nSPS) is 10.7. The van der Waals surface area contributed by atoms with Crippen LogP contribution in [0.15, 0.2) is 48.7 Å². The number of halogens is 2. The first kappa shape index (κ1) is 14.8. The molecule has 1 aromatic heterocycles. The lowest BCUT2D eigenvalue weighted by Crippen LogP contribution is -2.01. The molecular formula is C17H11Cl2NO2. The predicted molar refractivity (Wildman–Crippen MR) is 88.5 cm³/mol. The minimum atomic E-state index is -0.395. The number of carbonyl (C=O) groups is 1. The zero-order chi connectivity index (χ0) is 15.7. The Morgan fingerprint density at radius 2 is 1.95 bits per heavy atom. The maximum atomic E-state index is 11.7. The van der Waals surface area contributed by atoms with Gasteiger partial charge in [-0.05, 0) is 29.7 Å². The van der Waals surface area contributed by atoms with E-state index in [1.54, 1.807) is 24.4 Å². The summed E-state index contributed by atoms with van der Waals surface area (Å²) in [6, 6.07) is 12.6. The highest BCUT2D eigenvalue weighted by atomic mass is 35.5. The summed E-state index contributed by atoms with van der Waals surface area (Å²) in [6.45, 7) is 0. The minimum absolute atomic E-state index is 0.395. The maximum absolute atomic E-state index is 11.7. The molecule has 0 bridgehead atoms. The monoisotopic (exact) mass is 331 g/mol. The molecule has 0 aliphatic carbocycles. The van der Waals surface area contributed by atoms with Crippen LogP contribution in [0.4, 0.5) is 0 Å². The van der Waals surface area contributed by atoms with Gasteiger partial charge in [0.1, 0.15) is 0 Å². The maximum Gasteiger partial charge on any atom is 0.337 e. The number of fused-ring (bicyclic) bond motifs is 1. The van der Waals surface area contributed by atoms with E-state index in [1.807, 2.05) is 24.3 Å². The highest BCUT2D eigenvalue weighted by Gasteiger charge is 2.13. The molecule has 0 amide bonds. The third-order valence-electron chi connectivity index (χ3n) is 3.39. The zero-order valence-corrected chi connectivity index (χ0v) is 13.2. The Hall–Kier alpha value is -2.10. The van der Waals surface area contributed by atoms with Gasteiger partial charge in [-0.3, -0.25) is 4.98 Å². The fourth-order valence-corrected chi connectivity index (χ4v) is 2.70. The SMILES string of the molecule is COC(=O)c1ccc2ccnc(-c3cccc(Cl)c3Cl)c2c1. The summed E-state index contributed by atoms with van der Waals surface area (Å²) in [5, 5.41) is 2.66. The van der Waals surface area contributed by atoms with Crippen molar-refractivity contribution in [1.29, 1.82) is 0 Å². The smallest absolute Gasteiger partial charge is 0.337 e. The Morgan fingerprint density at radius 3 is 2.73 bits per heavy atom. The van der Waals surface area contributed by atoms with Crippen molar-refractivity contribution in [1.82, 2.24) is 4.98 Å². The second-order valence-electron chi connectivity index (χ2n) is 4.69. The molecule has 0 aliphatic rings. The molecule has 0 fully saturated rings. The van der Waals surface area contributed by atoms with Gasteiger partial charge in [0.2, 0.25) is 0 Å². The van der Waals surface area contributed by atoms with Crippen LogP contribution in [0.1, 0.15) is 10.4 Å². The molecule has 3 rings (SSSR count). The van der Waals surface area contributed by atoms with E-state index in [1.165, 1.54) is 7.11 Å². The van der Waals surface area contributed by atoms with Crippen LogP contribution in [0.3, 0.4) is 0 Å². The van der Waals surface area contributed by atoms with Crippen LogP contribution < -0.4 is 0 Å². The van der Waals surface area contributed by atoms with Crippen molar-refractivity contribution in [3.63, 3.8) is 0 Å². The lowest BCUT2D eigenvalue weighted by Gasteiger charge is -2.09. The highest BCUT2D eigenvalue weighted by Crippen LogP contribution is 2.36. The van der Waals surface area contributed by atoms with Gasteiger partial charge in [-0.15, -0.1) is 0 Å². The first-order valence-electron chi connectivity index (χ1n) is 6.53. The van der Waals surface area contributed by atoms with Crippen LogP contribution in [0, 0.1) is 0 Å². The fourth-order valence-electron chi connectivity index (χ4n) is 2.31. The molecule has 1 heterocycles. The minimum Gasteiger partial charge on any atom is -0.465 e. The predicted octanol–water partition coefficient (Wildman–Crippen LogP) is 5.00. The number of methoxy groups -OCH3 is 1. The number of hydrogen-bond donors (Lipinski definition) is 0. The number of aromatic nitrogens is 1. The number of carbonyl (C=O) groups excluding carboxylic acids is 1. The van der Waals surface area contributed by atoms with Gasteiger partial charge in [-0.1, -0.05) is 41.4 Å². The van der Waals surface area contributed by atoms with Gasteiger partial charge < -0.3 is 4.74 Å². The average Bonchev–Trinajstić information content (AvgIpc) is 2.55. The first-order chi connectivity index (χ1) is 10.6. The average molecular weight is 332 g/mol. The number of ether oxygens (including phenoxy) is 1. The van der Waals surface area contributed by atoms with Crippen molar-refractivity contribution in [2.45, 2.75) is 0 Å². The summed E-state index contributed by atoms with van der Waals surface area (Å²) in [5.74, 6) is -0.395. The molecule has 0 saturated carbocycles. The Balaban J connectivity index is 2.29. The molecule has 110 valence electrons. The van der Waals surface area contributed by atoms with Crippen molar-refractivity contribution < 1.29 is 9.53 Å². The summed E-state index contributed by atoms with van der Waals surface area (Å²) in [7, 11) is 1.35. The van der Waals surface area contributed by atoms with Gasteiger partial charge in [0.15, 0.2) is 0 Å². The molecule has 22 heavy (non-hydrogen) atoms. The van der Waals surface area contributed by atoms with Crippen molar-refractivity contribution in [2.75, 3.05) is 7.11 Å². The molecule has 0 N–H and O–H groups in total. The van der Waals surface area contributed by atoms with Crippen LogP contribution in [0.2, 0.25) is 10.0 Å². The number of hydrogen-bond acceptors (Lipinski definition) is 3. The van der Waals surface area contributed by atoms with Crippen LogP contribution in [0.5, 0.6) is 0 Å². The third-order valence-corrected chi connectivity index (χ3v) is 4.21. The number of esters is 1. The summed E-state index contributed by atoms with van der Waals surface area (Å²) < 4.78 is 4.77. The van der Waals surface area contributed by atoms with E-state index in [2.05, 4.69) is 4.98 Å². The van der Waals surface area contributed by atoms with Gasteiger partial charge in [0.25, 0.3) is 0 Å². The second kappa shape index (κ2) is 5.95. The van der Waals surface area contributed by atoms with Crippen LogP contribution in [-0.2, 0) is 4.74 Å². The number of nitrogens with zero attached hydrogens (tertiary/aromatic N) is 1. The molecule has 2 aromatic carbocycles. The number of benzene rings is 2. The van der Waals surface area contributed by atoms with E-state index in [0.29, 0.717) is 21.3 Å². The number of pyridine rings is 1. The zero-order valence-electron chi connectivity index (χ0n) is 11.6. The van der Waals surface area contributed by atoms with Gasteiger partial charge in [0.05, 0.1) is 28.4 Å². The van der Waals surface area contributed by atoms with Crippen LogP contribution in [0.25, 0.3) is 22.0 Å². The molecule has 0 atom stereocenters. The van der Waals surface area contributed by atoms with Crippen molar-refractivity contribution >= 4 is 39.9 Å². The van der Waals surface area contributed by atoms with E-state index >= 15 is 0 Å². The third kappa shape index (κ3) is 2.54. The Labute approximate surface area is 137 Å². The van der Waals surface area contributed by atoms with E-state index in [9.17, 15) is 4.79 Å². The molecule has 3 aromatic rings. The molecular weight excluding hydrogens is 321 g/mol. The molecule has 0 radical (unpaired) electrons. The number of rotatable bonds is 2. The Kier molecular flexibility index (Phi) is 4.01. The fraction of sp³-hybridized carbons (Fsp3) is 0.0588. The van der Waals surface area contributed by atoms with Crippen LogP contribution >= 0.6 is 23.2 Å². The summed E-state index contributed by atoms with van der Waals surface area (Å²) in [4.78, 5) is 16.1. The molecule has 0 aliphatic heterocycles. The van der Waals surface area contributed by atoms with Gasteiger partial charge in [-0.25, -0.2) is 4.79 Å². The van der Waals surface area contributed by atoms with Gasteiger partial charge in [0, 0.05) is 17.1 Å². The summed E-state index contributed by atoms with van der Waals surface area (Å²) in [6.07, 6.45) is 1.70. The van der Waals surface area contributed by atoms with Crippen molar-refractivity contribution in [3.05, 3.63) is 64.3 Å². The van der Waals surface area contributed by atoms with E-state index in [4.69, 9.17) is 27.9 Å². The van der Waals surface area contributed by atoms with Gasteiger partial charge >= 0.3 is 5.97 Å². The van der Waals surface area contributed by atoms with Crippen LogP contribution in [-0.4, -0.2) is 18.1 Å². The first-order valence-corrected chi connectivity index (χ1v) is 7.29. The van der Waals surface area contributed by atoms with E-state index < -0.39 is 5.97 Å². The Morgan fingerprint density at radius 1 is 1.14 bits per heavy atom. The summed E-state index contributed by atoms with van der Waals surface area (Å²) >= 11 is 12.4. The molecule has 3 nitrogen and oxygen atoms in total. The van der Waals surface area contributed by atoms with E-state index in [-0.39, 0.29) is 0 Å². The van der Waals surface area contributed by atoms with Crippen molar-refractivity contribution in [2.24, 2.45) is 0 Å². The molecule has 0 unspecified atom stereocenters. The molecule has 0 spiro atoms. The lowest BCUT2D eigenvalue weighted by molar-refractivity contribution is 0.0601.